The van der Waals surface area contributed by atoms with Crippen LogP contribution in [0, 0.1) is 0 Å². The van der Waals surface area contributed by atoms with Gasteiger partial charge in [0.15, 0.2) is 17.5 Å². The van der Waals surface area contributed by atoms with Crippen LogP contribution in [-0.4, -0.2) is 15.0 Å². The van der Waals surface area contributed by atoms with Crippen LogP contribution in [0.5, 0.6) is 0 Å². The summed E-state index contributed by atoms with van der Waals surface area (Å²) in [4.78, 5) is 15.2. The van der Waals surface area contributed by atoms with Gasteiger partial charge in [-0.05, 0) is 71.8 Å². The summed E-state index contributed by atoms with van der Waals surface area (Å²) in [6.45, 7) is 0. The lowest BCUT2D eigenvalue weighted by Gasteiger charge is -2.19. The smallest absolute Gasteiger partial charge is 0.164 e. The first-order chi connectivity index (χ1) is 26.8. The molecular weight excluding hydrogens is 655 g/mol. The molecule has 0 unspecified atom stereocenters. The Labute approximate surface area is 313 Å². The molecule has 0 fully saturated rings. The average Bonchev–Trinajstić information content (AvgIpc) is 3.26. The fraction of sp³-hybridized carbons (Fsp3) is 0. The first kappa shape index (κ1) is 31.5. The topological polar surface area (TPSA) is 38.7 Å². The molecule has 10 rings (SSSR count). The minimum Gasteiger partial charge on any atom is -0.208 e. The quantitative estimate of drug-likeness (QED) is 0.163. The number of aromatic nitrogens is 3. The van der Waals surface area contributed by atoms with E-state index in [1.165, 1.54) is 54.6 Å². The molecule has 1 heterocycles. The summed E-state index contributed by atoms with van der Waals surface area (Å²) >= 11 is 0. The third-order valence-electron chi connectivity index (χ3n) is 10.3. The van der Waals surface area contributed by atoms with Crippen LogP contribution in [0.4, 0.5) is 0 Å². The predicted molar refractivity (Wildman–Crippen MR) is 225 cm³/mol. The van der Waals surface area contributed by atoms with Crippen LogP contribution < -0.4 is 0 Å². The van der Waals surface area contributed by atoms with Crippen molar-refractivity contribution in [2.24, 2.45) is 0 Å². The zero-order chi connectivity index (χ0) is 35.8. The molecule has 3 heteroatoms. The molecule has 3 nitrogen and oxygen atoms in total. The van der Waals surface area contributed by atoms with Gasteiger partial charge >= 0.3 is 0 Å². The summed E-state index contributed by atoms with van der Waals surface area (Å²) in [5.74, 6) is 1.91. The molecule has 0 radical (unpaired) electrons. The molecule has 0 aliphatic carbocycles. The molecular formula is C51H33N3. The molecule has 54 heavy (non-hydrogen) atoms. The Morgan fingerprint density at radius 1 is 0.241 bits per heavy atom. The van der Waals surface area contributed by atoms with Crippen molar-refractivity contribution in [1.29, 1.82) is 0 Å². The third-order valence-corrected chi connectivity index (χ3v) is 10.3. The highest BCUT2D eigenvalue weighted by molar-refractivity contribution is 6.23. The van der Waals surface area contributed by atoms with Gasteiger partial charge in [-0.3, -0.25) is 0 Å². The van der Waals surface area contributed by atoms with Crippen LogP contribution in [0.25, 0.3) is 99.9 Å². The number of hydrogen-bond donors (Lipinski definition) is 0. The molecule has 0 aliphatic rings. The second-order valence-corrected chi connectivity index (χ2v) is 13.6. The van der Waals surface area contributed by atoms with E-state index < -0.39 is 0 Å². The SMILES string of the molecule is c1ccc(-c2ccc(-c3nc(-c4ccccc4)nc(-c4cccc(-c5c6ccccc6c(-c6cccc7ccccc67)c6ccccc56)c4)n3)cc2)cc1. The molecule has 0 saturated heterocycles. The summed E-state index contributed by atoms with van der Waals surface area (Å²) in [6.07, 6.45) is 0. The van der Waals surface area contributed by atoms with Crippen LogP contribution in [-0.2, 0) is 0 Å². The van der Waals surface area contributed by atoms with E-state index >= 15 is 0 Å². The fourth-order valence-electron chi connectivity index (χ4n) is 7.78. The zero-order valence-corrected chi connectivity index (χ0v) is 29.4. The van der Waals surface area contributed by atoms with E-state index in [1.54, 1.807) is 0 Å². The van der Waals surface area contributed by atoms with Crippen molar-refractivity contribution in [2.75, 3.05) is 0 Å². The van der Waals surface area contributed by atoms with Crippen molar-refractivity contribution in [3.63, 3.8) is 0 Å². The predicted octanol–water partition coefficient (Wildman–Crippen LogP) is 13.3. The lowest BCUT2D eigenvalue weighted by Crippen LogP contribution is -2.00. The molecule has 0 spiro atoms. The molecule has 1 aromatic heterocycles. The molecule has 0 saturated carbocycles. The Morgan fingerprint density at radius 3 is 1.26 bits per heavy atom. The maximum atomic E-state index is 5.12. The second kappa shape index (κ2) is 13.4. The minimum atomic E-state index is 0.633. The Balaban J connectivity index is 1.15. The van der Waals surface area contributed by atoms with Gasteiger partial charge in [0.25, 0.3) is 0 Å². The normalized spacial score (nSPS) is 11.3. The van der Waals surface area contributed by atoms with Gasteiger partial charge < -0.3 is 0 Å². The number of fused-ring (bicyclic) bond motifs is 3. The van der Waals surface area contributed by atoms with Gasteiger partial charge in [0.1, 0.15) is 0 Å². The fourth-order valence-corrected chi connectivity index (χ4v) is 7.78. The third kappa shape index (κ3) is 5.60. The monoisotopic (exact) mass is 687 g/mol. The number of nitrogens with zero attached hydrogens (tertiary/aromatic N) is 3. The summed E-state index contributed by atoms with van der Waals surface area (Å²) in [5.41, 5.74) is 9.94. The Bertz CT molecular complexity index is 2910. The van der Waals surface area contributed by atoms with Crippen molar-refractivity contribution in [2.45, 2.75) is 0 Å². The molecule has 9 aromatic carbocycles. The Morgan fingerprint density at radius 2 is 0.630 bits per heavy atom. The van der Waals surface area contributed by atoms with Crippen LogP contribution in [0.3, 0.4) is 0 Å². The zero-order valence-electron chi connectivity index (χ0n) is 29.4. The van der Waals surface area contributed by atoms with Gasteiger partial charge in [-0.1, -0.05) is 194 Å². The Hall–Kier alpha value is -7.23. The van der Waals surface area contributed by atoms with Crippen molar-refractivity contribution in [1.82, 2.24) is 15.0 Å². The lowest BCUT2D eigenvalue weighted by molar-refractivity contribution is 1.07. The van der Waals surface area contributed by atoms with Crippen molar-refractivity contribution >= 4 is 32.3 Å². The van der Waals surface area contributed by atoms with Crippen LogP contribution >= 0.6 is 0 Å². The lowest BCUT2D eigenvalue weighted by atomic mass is 9.84. The average molecular weight is 688 g/mol. The van der Waals surface area contributed by atoms with E-state index in [-0.39, 0.29) is 0 Å². The first-order valence-electron chi connectivity index (χ1n) is 18.3. The standard InChI is InChI=1S/C51H33N3/c1-3-15-34(16-4-1)35-29-31-38(32-30-35)50-52-49(37-18-5-2-6-19-37)53-51(54-50)40-22-13-21-39(33-40)47-43-24-9-11-26-45(43)48(46-27-12-10-25-44(46)47)42-28-14-20-36-17-7-8-23-41(36)42/h1-33H. The van der Waals surface area contributed by atoms with Gasteiger partial charge in [0, 0.05) is 16.7 Å². The summed E-state index contributed by atoms with van der Waals surface area (Å²) in [6, 6.07) is 70.6. The number of benzene rings is 9. The summed E-state index contributed by atoms with van der Waals surface area (Å²) in [5, 5.41) is 7.34. The van der Waals surface area contributed by atoms with E-state index in [9.17, 15) is 0 Å². The van der Waals surface area contributed by atoms with Gasteiger partial charge in [-0.25, -0.2) is 15.0 Å². The largest absolute Gasteiger partial charge is 0.208 e. The van der Waals surface area contributed by atoms with Crippen molar-refractivity contribution in [3.8, 4) is 67.5 Å². The van der Waals surface area contributed by atoms with Gasteiger partial charge in [0.2, 0.25) is 0 Å². The number of rotatable bonds is 6. The second-order valence-electron chi connectivity index (χ2n) is 13.6. The maximum absolute atomic E-state index is 5.12. The molecule has 0 atom stereocenters. The minimum absolute atomic E-state index is 0.633. The van der Waals surface area contributed by atoms with E-state index in [1.807, 2.05) is 36.4 Å². The van der Waals surface area contributed by atoms with E-state index in [0.717, 1.165) is 27.8 Å². The molecule has 10 aromatic rings. The first-order valence-corrected chi connectivity index (χ1v) is 18.3. The van der Waals surface area contributed by atoms with E-state index in [4.69, 9.17) is 15.0 Å². The highest BCUT2D eigenvalue weighted by Crippen LogP contribution is 2.45. The summed E-state index contributed by atoms with van der Waals surface area (Å²) in [7, 11) is 0. The molecule has 0 bridgehead atoms. The summed E-state index contributed by atoms with van der Waals surface area (Å²) < 4.78 is 0. The molecule has 0 amide bonds. The maximum Gasteiger partial charge on any atom is 0.164 e. The van der Waals surface area contributed by atoms with E-state index in [0.29, 0.717) is 17.5 Å². The van der Waals surface area contributed by atoms with Crippen LogP contribution in [0.2, 0.25) is 0 Å². The van der Waals surface area contributed by atoms with Crippen molar-refractivity contribution < 1.29 is 0 Å². The molecule has 252 valence electrons. The van der Waals surface area contributed by atoms with Gasteiger partial charge in [-0.2, -0.15) is 0 Å². The van der Waals surface area contributed by atoms with Crippen LogP contribution in [0.1, 0.15) is 0 Å². The highest BCUT2D eigenvalue weighted by Gasteiger charge is 2.19. The molecule has 0 aliphatic heterocycles. The van der Waals surface area contributed by atoms with Gasteiger partial charge in [0.05, 0.1) is 0 Å². The number of hydrogen-bond acceptors (Lipinski definition) is 3. The van der Waals surface area contributed by atoms with Gasteiger partial charge in [-0.15, -0.1) is 0 Å². The van der Waals surface area contributed by atoms with Crippen LogP contribution in [0.15, 0.2) is 200 Å². The molecule has 0 N–H and O–H groups in total. The Kier molecular flexibility index (Phi) is 7.81. The van der Waals surface area contributed by atoms with Crippen molar-refractivity contribution in [3.05, 3.63) is 200 Å². The highest BCUT2D eigenvalue weighted by atomic mass is 15.0. The van der Waals surface area contributed by atoms with E-state index in [2.05, 4.69) is 164 Å².